The molecule has 6 heteroatoms. The molecule has 0 aliphatic carbocycles. The summed E-state index contributed by atoms with van der Waals surface area (Å²) in [5, 5.41) is 12.0. The molecular weight excluding hydrogens is 272 g/mol. The third-order valence-corrected chi connectivity index (χ3v) is 3.37. The van der Waals surface area contributed by atoms with E-state index in [2.05, 4.69) is 5.32 Å². The molecule has 3 amide bonds. The Labute approximate surface area is 122 Å². The number of aliphatic carboxylic acids is 1. The van der Waals surface area contributed by atoms with E-state index in [1.165, 1.54) is 6.92 Å². The van der Waals surface area contributed by atoms with Crippen LogP contribution in [0.3, 0.4) is 0 Å². The Hall–Kier alpha value is -2.63. The zero-order valence-corrected chi connectivity index (χ0v) is 11.8. The molecule has 2 rings (SSSR count). The normalized spacial score (nSPS) is 18.5. The predicted molar refractivity (Wildman–Crippen MR) is 75.2 cm³/mol. The van der Waals surface area contributed by atoms with Gasteiger partial charge in [-0.1, -0.05) is 37.3 Å². The highest BCUT2D eigenvalue weighted by molar-refractivity contribution is 6.01. The molecule has 21 heavy (non-hydrogen) atoms. The van der Waals surface area contributed by atoms with Gasteiger partial charge in [-0.05, 0) is 12.0 Å². The van der Waals surface area contributed by atoms with Crippen molar-refractivity contribution < 1.29 is 19.5 Å². The average Bonchev–Trinajstić information content (AvgIpc) is 2.46. The maximum atomic E-state index is 12.1. The number of hydrogen-bond donors (Lipinski definition) is 2. The number of carbonyl (C=O) groups excluding carboxylic acids is 2. The summed E-state index contributed by atoms with van der Waals surface area (Å²) in [5.41, 5.74) is 0.947. The van der Waals surface area contributed by atoms with Gasteiger partial charge < -0.3 is 10.4 Å². The fourth-order valence-electron chi connectivity index (χ4n) is 2.47. The minimum absolute atomic E-state index is 0.0264. The van der Waals surface area contributed by atoms with Crippen molar-refractivity contribution in [1.29, 1.82) is 0 Å². The number of nitrogens with zero attached hydrogens (tertiary/aromatic N) is 1. The number of amides is 3. The minimum Gasteiger partial charge on any atom is -0.478 e. The maximum absolute atomic E-state index is 12.1. The Morgan fingerprint density at radius 3 is 2.38 bits per heavy atom. The second-order valence-electron chi connectivity index (χ2n) is 4.68. The summed E-state index contributed by atoms with van der Waals surface area (Å²) in [6.07, 6.45) is 0.364. The van der Waals surface area contributed by atoms with Gasteiger partial charge in [-0.2, -0.15) is 0 Å². The van der Waals surface area contributed by atoms with Crippen molar-refractivity contribution in [2.24, 2.45) is 0 Å². The number of imide groups is 1. The van der Waals surface area contributed by atoms with Crippen molar-refractivity contribution in [3.05, 3.63) is 47.2 Å². The van der Waals surface area contributed by atoms with E-state index >= 15 is 0 Å². The fraction of sp³-hybridized carbons (Fsp3) is 0.267. The number of rotatable bonds is 3. The molecular formula is C15H16N2O4. The van der Waals surface area contributed by atoms with E-state index in [1.807, 2.05) is 0 Å². The van der Waals surface area contributed by atoms with Crippen molar-refractivity contribution in [3.63, 3.8) is 0 Å². The van der Waals surface area contributed by atoms with Crippen molar-refractivity contribution in [1.82, 2.24) is 10.2 Å². The van der Waals surface area contributed by atoms with Crippen LogP contribution in [0.25, 0.3) is 0 Å². The summed E-state index contributed by atoms with van der Waals surface area (Å²) in [6.45, 7) is 3.00. The molecule has 1 atom stereocenters. The first kappa shape index (κ1) is 14.8. The third kappa shape index (κ3) is 2.65. The van der Waals surface area contributed by atoms with Crippen molar-refractivity contribution in [2.45, 2.75) is 26.3 Å². The standard InChI is InChI=1S/C15H16N2O4/c1-3-11-12(14(19)20)13(10-7-5-4-6-8-10)17(9(2)18)15(21)16-11/h4-8,13H,3H2,1-2H3,(H,16,21)(H,19,20). The molecule has 1 aliphatic rings. The zero-order valence-electron chi connectivity index (χ0n) is 11.8. The summed E-state index contributed by atoms with van der Waals surface area (Å²) >= 11 is 0. The van der Waals surface area contributed by atoms with Crippen LogP contribution in [-0.2, 0) is 9.59 Å². The maximum Gasteiger partial charge on any atom is 0.335 e. The van der Waals surface area contributed by atoms with Gasteiger partial charge in [0, 0.05) is 12.6 Å². The van der Waals surface area contributed by atoms with Crippen molar-refractivity contribution >= 4 is 17.9 Å². The van der Waals surface area contributed by atoms with Crippen LogP contribution in [0.2, 0.25) is 0 Å². The van der Waals surface area contributed by atoms with Crippen molar-refractivity contribution in [3.8, 4) is 0 Å². The Morgan fingerprint density at radius 2 is 1.90 bits per heavy atom. The Balaban J connectivity index is 2.67. The highest BCUT2D eigenvalue weighted by Crippen LogP contribution is 2.34. The van der Waals surface area contributed by atoms with E-state index < -0.39 is 23.9 Å². The number of nitrogens with one attached hydrogen (secondary N) is 1. The third-order valence-electron chi connectivity index (χ3n) is 3.37. The molecule has 0 saturated heterocycles. The number of urea groups is 1. The summed E-state index contributed by atoms with van der Waals surface area (Å²) in [6, 6.07) is 7.17. The Bertz CT molecular complexity index is 622. The molecule has 1 aliphatic heterocycles. The number of hydrogen-bond acceptors (Lipinski definition) is 3. The van der Waals surface area contributed by atoms with Gasteiger partial charge in [0.25, 0.3) is 0 Å². The quantitative estimate of drug-likeness (QED) is 0.891. The van der Waals surface area contributed by atoms with Crippen LogP contribution in [0.4, 0.5) is 4.79 Å². The minimum atomic E-state index is -1.15. The van der Waals surface area contributed by atoms with Crippen LogP contribution in [0.15, 0.2) is 41.6 Å². The lowest BCUT2D eigenvalue weighted by Crippen LogP contribution is -2.50. The molecule has 0 saturated carbocycles. The summed E-state index contributed by atoms with van der Waals surface area (Å²) in [4.78, 5) is 36.5. The highest BCUT2D eigenvalue weighted by atomic mass is 16.4. The van der Waals surface area contributed by atoms with Crippen LogP contribution in [-0.4, -0.2) is 27.9 Å². The molecule has 1 aromatic carbocycles. The first-order chi connectivity index (χ1) is 9.97. The Morgan fingerprint density at radius 1 is 1.29 bits per heavy atom. The van der Waals surface area contributed by atoms with Gasteiger partial charge >= 0.3 is 12.0 Å². The van der Waals surface area contributed by atoms with Gasteiger partial charge in [-0.25, -0.2) is 9.59 Å². The molecule has 2 N–H and O–H groups in total. The lowest BCUT2D eigenvalue weighted by Gasteiger charge is -2.35. The largest absolute Gasteiger partial charge is 0.478 e. The van der Waals surface area contributed by atoms with E-state index in [0.717, 1.165) is 4.90 Å². The van der Waals surface area contributed by atoms with Gasteiger partial charge in [0.1, 0.15) is 6.04 Å². The second-order valence-corrected chi connectivity index (χ2v) is 4.68. The fourth-order valence-corrected chi connectivity index (χ4v) is 2.47. The molecule has 1 heterocycles. The molecule has 0 bridgehead atoms. The lowest BCUT2D eigenvalue weighted by molar-refractivity contribution is -0.134. The number of benzene rings is 1. The predicted octanol–water partition coefficient (Wildman–Crippen LogP) is 2.05. The smallest absolute Gasteiger partial charge is 0.335 e. The number of carbonyl (C=O) groups is 3. The number of carboxylic acids is 1. The van der Waals surface area contributed by atoms with E-state index in [4.69, 9.17) is 0 Å². The van der Waals surface area contributed by atoms with E-state index in [-0.39, 0.29) is 5.57 Å². The van der Waals surface area contributed by atoms with Gasteiger partial charge in [0.15, 0.2) is 0 Å². The molecule has 110 valence electrons. The van der Waals surface area contributed by atoms with Crippen LogP contribution in [0, 0.1) is 0 Å². The molecule has 0 fully saturated rings. The SMILES string of the molecule is CCC1=C(C(=O)O)C(c2ccccc2)N(C(C)=O)C(=O)N1. The zero-order chi connectivity index (χ0) is 15.6. The lowest BCUT2D eigenvalue weighted by atomic mass is 9.93. The van der Waals surface area contributed by atoms with Crippen LogP contribution in [0.1, 0.15) is 31.9 Å². The first-order valence-electron chi connectivity index (χ1n) is 6.59. The summed E-state index contributed by atoms with van der Waals surface area (Å²) < 4.78 is 0. The molecule has 6 nitrogen and oxygen atoms in total. The number of allylic oxidation sites excluding steroid dienone is 1. The summed E-state index contributed by atoms with van der Waals surface area (Å²) in [7, 11) is 0. The van der Waals surface area contributed by atoms with Crippen LogP contribution >= 0.6 is 0 Å². The summed E-state index contributed by atoms with van der Waals surface area (Å²) in [5.74, 6) is -1.65. The van der Waals surface area contributed by atoms with Gasteiger partial charge in [-0.15, -0.1) is 0 Å². The average molecular weight is 288 g/mol. The molecule has 0 spiro atoms. The van der Waals surface area contributed by atoms with E-state index in [0.29, 0.717) is 17.7 Å². The first-order valence-corrected chi connectivity index (χ1v) is 6.59. The second kappa shape index (κ2) is 5.78. The molecule has 1 unspecified atom stereocenters. The monoisotopic (exact) mass is 288 g/mol. The highest BCUT2D eigenvalue weighted by Gasteiger charge is 2.40. The Kier molecular flexibility index (Phi) is 4.07. The van der Waals surface area contributed by atoms with Gasteiger partial charge in [-0.3, -0.25) is 9.69 Å². The van der Waals surface area contributed by atoms with Gasteiger partial charge in [0.05, 0.1) is 5.57 Å². The molecule has 0 radical (unpaired) electrons. The van der Waals surface area contributed by atoms with Crippen LogP contribution < -0.4 is 5.32 Å². The van der Waals surface area contributed by atoms with E-state index in [9.17, 15) is 19.5 Å². The molecule has 0 aromatic heterocycles. The van der Waals surface area contributed by atoms with E-state index in [1.54, 1.807) is 37.3 Å². The topological polar surface area (TPSA) is 86.7 Å². The van der Waals surface area contributed by atoms with Gasteiger partial charge in [0.2, 0.25) is 5.91 Å². The van der Waals surface area contributed by atoms with Crippen molar-refractivity contribution in [2.75, 3.05) is 0 Å². The number of carboxylic acid groups (broad SMARTS) is 1. The van der Waals surface area contributed by atoms with Crippen LogP contribution in [0.5, 0.6) is 0 Å². The molecule has 1 aromatic rings.